The Balaban J connectivity index is 1.54. The van der Waals surface area contributed by atoms with Crippen LogP contribution in [0.4, 0.5) is 11.9 Å². The standard InChI is InChI=1S/C22H17N5O2/c28-20(19-12-7-13-29-19)24-21-25-22-23-17(15-8-3-1-4-9-15)14-18(27(22)26-21)16-10-5-2-6-11-16/h1-13,18H,14H2,(H,24,26,28). The topological polar surface area (TPSA) is 85.3 Å². The van der Waals surface area contributed by atoms with Crippen LogP contribution < -0.4 is 5.32 Å². The number of amides is 1. The molecule has 5 rings (SSSR count). The van der Waals surface area contributed by atoms with Crippen LogP contribution in [0.5, 0.6) is 0 Å². The third-order valence-corrected chi connectivity index (χ3v) is 4.79. The lowest BCUT2D eigenvalue weighted by molar-refractivity contribution is 0.0995. The second-order valence-corrected chi connectivity index (χ2v) is 6.67. The van der Waals surface area contributed by atoms with E-state index >= 15 is 0 Å². The average molecular weight is 383 g/mol. The molecular weight excluding hydrogens is 366 g/mol. The van der Waals surface area contributed by atoms with Crippen molar-refractivity contribution in [2.45, 2.75) is 12.5 Å². The minimum Gasteiger partial charge on any atom is -0.459 e. The van der Waals surface area contributed by atoms with E-state index in [4.69, 9.17) is 9.41 Å². The molecule has 1 N–H and O–H groups in total. The Morgan fingerprint density at radius 2 is 1.76 bits per heavy atom. The van der Waals surface area contributed by atoms with Gasteiger partial charge in [-0.25, -0.2) is 9.67 Å². The largest absolute Gasteiger partial charge is 0.459 e. The van der Waals surface area contributed by atoms with E-state index < -0.39 is 5.91 Å². The first-order valence-corrected chi connectivity index (χ1v) is 9.27. The zero-order valence-corrected chi connectivity index (χ0v) is 15.4. The van der Waals surface area contributed by atoms with Crippen molar-refractivity contribution in [1.82, 2.24) is 14.8 Å². The third-order valence-electron chi connectivity index (χ3n) is 4.79. The Morgan fingerprint density at radius 1 is 1.00 bits per heavy atom. The molecule has 1 amide bonds. The lowest BCUT2D eigenvalue weighted by atomic mass is 9.96. The molecule has 0 radical (unpaired) electrons. The van der Waals surface area contributed by atoms with Gasteiger partial charge in [0.25, 0.3) is 17.8 Å². The Labute approximate surface area is 166 Å². The van der Waals surface area contributed by atoms with Gasteiger partial charge in [0, 0.05) is 6.42 Å². The lowest BCUT2D eigenvalue weighted by Crippen LogP contribution is -2.21. The molecule has 7 nitrogen and oxygen atoms in total. The van der Waals surface area contributed by atoms with Gasteiger partial charge >= 0.3 is 0 Å². The maximum Gasteiger partial charge on any atom is 0.293 e. The van der Waals surface area contributed by atoms with Gasteiger partial charge in [-0.3, -0.25) is 10.1 Å². The second-order valence-electron chi connectivity index (χ2n) is 6.67. The number of anilines is 1. The molecule has 1 aliphatic heterocycles. The fourth-order valence-corrected chi connectivity index (χ4v) is 3.41. The number of aliphatic imine (C=N–C) groups is 1. The predicted molar refractivity (Wildman–Crippen MR) is 109 cm³/mol. The molecule has 4 aromatic rings. The van der Waals surface area contributed by atoms with E-state index in [9.17, 15) is 4.79 Å². The minimum atomic E-state index is -0.401. The number of hydrogen-bond donors (Lipinski definition) is 1. The zero-order valence-electron chi connectivity index (χ0n) is 15.4. The van der Waals surface area contributed by atoms with Gasteiger partial charge < -0.3 is 4.42 Å². The lowest BCUT2D eigenvalue weighted by Gasteiger charge is -2.23. The summed E-state index contributed by atoms with van der Waals surface area (Å²) in [5, 5.41) is 7.19. The Kier molecular flexibility index (Phi) is 4.25. The number of nitrogens with one attached hydrogen (secondary N) is 1. The van der Waals surface area contributed by atoms with Crippen LogP contribution in [0, 0.1) is 0 Å². The predicted octanol–water partition coefficient (Wildman–Crippen LogP) is 4.24. The molecule has 1 atom stereocenters. The number of aromatic nitrogens is 3. The molecule has 3 heterocycles. The second kappa shape index (κ2) is 7.20. The first-order valence-electron chi connectivity index (χ1n) is 9.27. The maximum atomic E-state index is 12.3. The highest BCUT2D eigenvalue weighted by atomic mass is 16.3. The van der Waals surface area contributed by atoms with Gasteiger partial charge in [-0.1, -0.05) is 60.7 Å². The fourth-order valence-electron chi connectivity index (χ4n) is 3.41. The fraction of sp³-hybridized carbons (Fsp3) is 0.0909. The molecular formula is C22H17N5O2. The number of benzene rings is 2. The number of carbonyl (C=O) groups is 1. The molecule has 0 aliphatic carbocycles. The van der Waals surface area contributed by atoms with Crippen LogP contribution in [0.3, 0.4) is 0 Å². The number of rotatable bonds is 4. The van der Waals surface area contributed by atoms with Crippen molar-refractivity contribution in [2.24, 2.45) is 4.99 Å². The monoisotopic (exact) mass is 383 g/mol. The summed E-state index contributed by atoms with van der Waals surface area (Å²) < 4.78 is 6.90. The molecule has 2 aromatic carbocycles. The van der Waals surface area contributed by atoms with Crippen LogP contribution in [0.15, 0.2) is 88.5 Å². The van der Waals surface area contributed by atoms with E-state index in [2.05, 4.69) is 27.5 Å². The van der Waals surface area contributed by atoms with E-state index in [-0.39, 0.29) is 17.8 Å². The highest BCUT2D eigenvalue weighted by molar-refractivity contribution is 6.03. The zero-order chi connectivity index (χ0) is 19.6. The minimum absolute atomic E-state index is 0.0688. The Bertz CT molecular complexity index is 1160. The summed E-state index contributed by atoms with van der Waals surface area (Å²) in [5.74, 6) is 0.450. The molecule has 2 aromatic heterocycles. The number of furan rings is 1. The van der Waals surface area contributed by atoms with E-state index in [1.807, 2.05) is 48.5 Å². The normalized spacial score (nSPS) is 15.4. The molecule has 142 valence electrons. The summed E-state index contributed by atoms with van der Waals surface area (Å²) in [6, 6.07) is 23.3. The highest BCUT2D eigenvalue weighted by Crippen LogP contribution is 2.33. The molecule has 7 heteroatoms. The summed E-state index contributed by atoms with van der Waals surface area (Å²) in [4.78, 5) is 21.5. The molecule has 0 fully saturated rings. The van der Waals surface area contributed by atoms with Gasteiger partial charge in [0.15, 0.2) is 5.76 Å². The van der Waals surface area contributed by atoms with Crippen LogP contribution in [0.25, 0.3) is 0 Å². The van der Waals surface area contributed by atoms with Crippen LogP contribution in [-0.2, 0) is 0 Å². The number of carbonyl (C=O) groups excluding carboxylic acids is 1. The molecule has 1 unspecified atom stereocenters. The molecule has 0 spiro atoms. The van der Waals surface area contributed by atoms with Gasteiger partial charge in [0.2, 0.25) is 0 Å². The van der Waals surface area contributed by atoms with E-state index in [1.54, 1.807) is 16.8 Å². The number of fused-ring (bicyclic) bond motifs is 1. The SMILES string of the molecule is O=C(Nc1nc2n(n1)C(c1ccccc1)CC(c1ccccc1)=N2)c1ccco1. The number of nitrogens with zero attached hydrogens (tertiary/aromatic N) is 4. The summed E-state index contributed by atoms with van der Waals surface area (Å²) in [6.45, 7) is 0. The van der Waals surface area contributed by atoms with Gasteiger partial charge in [-0.05, 0) is 23.3 Å². The van der Waals surface area contributed by atoms with Crippen molar-refractivity contribution >= 4 is 23.5 Å². The van der Waals surface area contributed by atoms with E-state index in [1.165, 1.54) is 6.26 Å². The van der Waals surface area contributed by atoms with Gasteiger partial charge in [0.1, 0.15) is 0 Å². The van der Waals surface area contributed by atoms with Crippen molar-refractivity contribution in [3.63, 3.8) is 0 Å². The van der Waals surface area contributed by atoms with E-state index in [0.29, 0.717) is 12.4 Å². The van der Waals surface area contributed by atoms with Crippen molar-refractivity contribution < 1.29 is 9.21 Å². The number of hydrogen-bond acceptors (Lipinski definition) is 5. The summed E-state index contributed by atoms with van der Waals surface area (Å²) in [7, 11) is 0. The first-order chi connectivity index (χ1) is 14.3. The maximum absolute atomic E-state index is 12.3. The third kappa shape index (κ3) is 3.34. The molecule has 0 saturated carbocycles. The highest BCUT2D eigenvalue weighted by Gasteiger charge is 2.28. The molecule has 0 saturated heterocycles. The van der Waals surface area contributed by atoms with Crippen LogP contribution in [0.2, 0.25) is 0 Å². The van der Waals surface area contributed by atoms with Gasteiger partial charge in [-0.2, -0.15) is 4.98 Å². The van der Waals surface area contributed by atoms with Crippen LogP contribution in [0.1, 0.15) is 34.1 Å². The molecule has 29 heavy (non-hydrogen) atoms. The Hall–Kier alpha value is -4.00. The van der Waals surface area contributed by atoms with Gasteiger partial charge in [0.05, 0.1) is 18.0 Å². The molecule has 1 aliphatic rings. The van der Waals surface area contributed by atoms with Crippen LogP contribution >= 0.6 is 0 Å². The van der Waals surface area contributed by atoms with Crippen molar-refractivity contribution in [1.29, 1.82) is 0 Å². The molecule has 0 bridgehead atoms. The summed E-state index contributed by atoms with van der Waals surface area (Å²) in [6.07, 6.45) is 2.12. The quantitative estimate of drug-likeness (QED) is 0.571. The summed E-state index contributed by atoms with van der Waals surface area (Å²) >= 11 is 0. The Morgan fingerprint density at radius 3 is 2.48 bits per heavy atom. The van der Waals surface area contributed by atoms with Crippen molar-refractivity contribution in [2.75, 3.05) is 5.32 Å². The van der Waals surface area contributed by atoms with E-state index in [0.717, 1.165) is 16.8 Å². The average Bonchev–Trinajstić information content (AvgIpc) is 3.44. The smallest absolute Gasteiger partial charge is 0.293 e. The van der Waals surface area contributed by atoms with Crippen LogP contribution in [-0.4, -0.2) is 26.4 Å². The van der Waals surface area contributed by atoms with Gasteiger partial charge in [-0.15, -0.1) is 5.10 Å². The van der Waals surface area contributed by atoms with Crippen molar-refractivity contribution in [3.8, 4) is 0 Å². The first kappa shape index (κ1) is 17.1. The van der Waals surface area contributed by atoms with Crippen molar-refractivity contribution in [3.05, 3.63) is 95.9 Å². The summed E-state index contributed by atoms with van der Waals surface area (Å²) in [5.41, 5.74) is 3.08.